The number of sulfone groups is 1. The molecule has 1 amide bonds. The van der Waals surface area contributed by atoms with Crippen LogP contribution in [0.25, 0.3) is 11.1 Å². The van der Waals surface area contributed by atoms with E-state index in [-0.39, 0.29) is 16.2 Å². The number of carbonyl (C=O) groups excluding carboxylic acids is 1. The second-order valence-electron chi connectivity index (χ2n) is 6.29. The summed E-state index contributed by atoms with van der Waals surface area (Å²) in [4.78, 5) is 12.3. The van der Waals surface area contributed by atoms with Gasteiger partial charge in [0.25, 0.3) is 5.69 Å². The monoisotopic (exact) mass is 374 g/mol. The predicted molar refractivity (Wildman–Crippen MR) is 96.2 cm³/mol. The summed E-state index contributed by atoms with van der Waals surface area (Å²) < 4.78 is 22.9. The molecule has 1 unspecified atom stereocenters. The molecule has 0 radical (unpaired) electrons. The van der Waals surface area contributed by atoms with Crippen LogP contribution in [0.1, 0.15) is 21.6 Å². The minimum atomic E-state index is -3.32. The predicted octanol–water partition coefficient (Wildman–Crippen LogP) is 1.35. The molecule has 0 saturated heterocycles. The molecule has 3 rings (SSSR count). The Balaban J connectivity index is 1.88. The summed E-state index contributed by atoms with van der Waals surface area (Å²) in [6, 6.07) is 7.61. The average Bonchev–Trinajstić information content (AvgIpc) is 2.91. The fraction of sp³-hybridized carbons (Fsp3) is 0.222. The lowest BCUT2D eigenvalue weighted by Crippen LogP contribution is -2.43. The molecule has 26 heavy (non-hydrogen) atoms. The van der Waals surface area contributed by atoms with Gasteiger partial charge in [-0.2, -0.15) is 0 Å². The van der Waals surface area contributed by atoms with Crippen LogP contribution in [-0.4, -0.2) is 31.2 Å². The second-order valence-corrected chi connectivity index (χ2v) is 8.22. The van der Waals surface area contributed by atoms with Crippen LogP contribution >= 0.6 is 0 Å². The van der Waals surface area contributed by atoms with Gasteiger partial charge < -0.3 is 15.6 Å². The zero-order valence-corrected chi connectivity index (χ0v) is 15.1. The highest BCUT2D eigenvalue weighted by Crippen LogP contribution is 2.28. The summed E-state index contributed by atoms with van der Waals surface area (Å²) in [6.45, 7) is 3.88. The SMILES string of the molecule is Cc1ccc(-c2ccc(C(=O)NC3C=CS(=O)(=O)C3)[n+]([O-])c2O)cc1C. The molecule has 8 heteroatoms. The highest BCUT2D eigenvalue weighted by atomic mass is 32.2. The van der Waals surface area contributed by atoms with E-state index in [1.54, 1.807) is 6.07 Å². The van der Waals surface area contributed by atoms with Crippen LogP contribution in [0, 0.1) is 19.1 Å². The molecule has 1 atom stereocenters. The standard InChI is InChI=1S/C18H18N2O5S/c1-11-3-4-13(9-12(11)2)15-5-6-16(20(23)18(15)22)17(21)19-14-7-8-26(24,25)10-14/h3-9,14,22H,10H2,1-2H3,(H,19,21). The smallest absolute Gasteiger partial charge is 0.385 e. The lowest BCUT2D eigenvalue weighted by Gasteiger charge is -2.12. The number of nitrogens with one attached hydrogen (secondary N) is 1. The first-order valence-electron chi connectivity index (χ1n) is 7.93. The van der Waals surface area contributed by atoms with Gasteiger partial charge in [0.05, 0.1) is 17.4 Å². The molecular formula is C18H18N2O5S. The topological polar surface area (TPSA) is 110 Å². The van der Waals surface area contributed by atoms with Crippen molar-refractivity contribution < 1.29 is 23.0 Å². The third kappa shape index (κ3) is 3.41. The maximum atomic E-state index is 12.3. The molecule has 1 aromatic heterocycles. The molecule has 0 spiro atoms. The van der Waals surface area contributed by atoms with Crippen molar-refractivity contribution >= 4 is 15.7 Å². The van der Waals surface area contributed by atoms with Crippen molar-refractivity contribution in [2.75, 3.05) is 5.75 Å². The first kappa shape index (κ1) is 17.9. The van der Waals surface area contributed by atoms with E-state index in [2.05, 4.69) is 5.32 Å². The van der Waals surface area contributed by atoms with Gasteiger partial charge in [0.2, 0.25) is 0 Å². The number of hydrogen-bond donors (Lipinski definition) is 2. The molecule has 2 N–H and O–H groups in total. The normalized spacial score (nSPS) is 18.0. The molecule has 1 aliphatic rings. The Morgan fingerprint density at radius 2 is 1.96 bits per heavy atom. The van der Waals surface area contributed by atoms with Gasteiger partial charge in [-0.3, -0.25) is 4.79 Å². The summed E-state index contributed by atoms with van der Waals surface area (Å²) >= 11 is 0. The van der Waals surface area contributed by atoms with E-state index in [0.717, 1.165) is 16.5 Å². The van der Waals surface area contributed by atoms with Crippen LogP contribution in [-0.2, 0) is 9.84 Å². The average molecular weight is 374 g/mol. The minimum absolute atomic E-state index is 0.146. The van der Waals surface area contributed by atoms with Gasteiger partial charge in [0.1, 0.15) is 0 Å². The van der Waals surface area contributed by atoms with Crippen molar-refractivity contribution in [1.29, 1.82) is 0 Å². The van der Waals surface area contributed by atoms with Crippen LogP contribution in [0.2, 0.25) is 0 Å². The van der Waals surface area contributed by atoms with Gasteiger partial charge in [-0.1, -0.05) is 18.2 Å². The van der Waals surface area contributed by atoms with E-state index in [0.29, 0.717) is 11.1 Å². The third-order valence-corrected chi connectivity index (χ3v) is 5.75. The van der Waals surface area contributed by atoms with Gasteiger partial charge in [0, 0.05) is 11.5 Å². The number of benzene rings is 1. The fourth-order valence-corrected chi connectivity index (χ4v) is 3.97. The number of aromatic hydroxyl groups is 1. The number of rotatable bonds is 3. The molecule has 136 valence electrons. The van der Waals surface area contributed by atoms with Crippen molar-refractivity contribution in [3.05, 3.63) is 63.8 Å². The van der Waals surface area contributed by atoms with Gasteiger partial charge in [-0.15, -0.1) is 4.73 Å². The van der Waals surface area contributed by atoms with Gasteiger partial charge in [0.15, 0.2) is 9.84 Å². The van der Waals surface area contributed by atoms with E-state index in [1.165, 1.54) is 18.2 Å². The quantitative estimate of drug-likeness (QED) is 0.622. The molecule has 2 heterocycles. The fourth-order valence-electron chi connectivity index (χ4n) is 2.74. The molecule has 0 bridgehead atoms. The number of carbonyl (C=O) groups is 1. The molecule has 1 aromatic carbocycles. The molecule has 1 aliphatic heterocycles. The number of aromatic nitrogens is 1. The zero-order chi connectivity index (χ0) is 19.1. The van der Waals surface area contributed by atoms with Crippen LogP contribution in [0.5, 0.6) is 5.88 Å². The van der Waals surface area contributed by atoms with Crippen LogP contribution in [0.3, 0.4) is 0 Å². The summed E-state index contributed by atoms with van der Waals surface area (Å²) in [5.41, 5.74) is 2.75. The Labute approximate surface area is 151 Å². The lowest BCUT2D eigenvalue weighted by molar-refractivity contribution is -0.615. The highest BCUT2D eigenvalue weighted by Gasteiger charge is 2.28. The maximum absolute atomic E-state index is 12.3. The van der Waals surface area contributed by atoms with Crippen molar-refractivity contribution in [3.8, 4) is 17.0 Å². The first-order valence-corrected chi connectivity index (χ1v) is 9.64. The Hall–Kier alpha value is -2.87. The summed E-state index contributed by atoms with van der Waals surface area (Å²) in [5, 5.41) is 26.1. The number of aryl methyl sites for hydroxylation is 2. The number of pyridine rings is 1. The second kappa shape index (κ2) is 6.45. The van der Waals surface area contributed by atoms with Gasteiger partial charge in [-0.05, 0) is 42.7 Å². The van der Waals surface area contributed by atoms with Crippen LogP contribution in [0.4, 0.5) is 0 Å². The number of amides is 1. The van der Waals surface area contributed by atoms with E-state index >= 15 is 0 Å². The van der Waals surface area contributed by atoms with Crippen molar-refractivity contribution in [3.63, 3.8) is 0 Å². The summed E-state index contributed by atoms with van der Waals surface area (Å²) in [5.74, 6) is -1.59. The van der Waals surface area contributed by atoms with Crippen LogP contribution < -0.4 is 10.0 Å². The summed E-state index contributed by atoms with van der Waals surface area (Å²) in [6.07, 6.45) is 1.35. The Morgan fingerprint density at radius 3 is 2.58 bits per heavy atom. The van der Waals surface area contributed by atoms with Gasteiger partial charge in [-0.25, -0.2) is 8.42 Å². The Kier molecular flexibility index (Phi) is 4.45. The van der Waals surface area contributed by atoms with E-state index in [4.69, 9.17) is 0 Å². The highest BCUT2D eigenvalue weighted by molar-refractivity contribution is 7.94. The maximum Gasteiger partial charge on any atom is 0.385 e. The number of hydrogen-bond acceptors (Lipinski definition) is 5. The van der Waals surface area contributed by atoms with Crippen molar-refractivity contribution in [2.24, 2.45) is 0 Å². The summed E-state index contributed by atoms with van der Waals surface area (Å²) in [7, 11) is -3.32. The minimum Gasteiger partial charge on any atom is -0.615 e. The molecule has 0 fully saturated rings. The van der Waals surface area contributed by atoms with Crippen molar-refractivity contribution in [2.45, 2.75) is 19.9 Å². The molecule has 2 aromatic rings. The molecule has 0 saturated carbocycles. The number of nitrogens with zero attached hydrogens (tertiary/aromatic N) is 1. The van der Waals surface area contributed by atoms with Crippen LogP contribution in [0.15, 0.2) is 41.8 Å². The Bertz CT molecular complexity index is 1030. The van der Waals surface area contributed by atoms with Crippen molar-refractivity contribution in [1.82, 2.24) is 5.32 Å². The molecular weight excluding hydrogens is 356 g/mol. The van der Waals surface area contributed by atoms with E-state index in [9.17, 15) is 23.5 Å². The first-order chi connectivity index (χ1) is 12.2. The largest absolute Gasteiger partial charge is 0.615 e. The molecule has 0 aliphatic carbocycles. The van der Waals surface area contributed by atoms with E-state index in [1.807, 2.05) is 26.0 Å². The van der Waals surface area contributed by atoms with E-state index < -0.39 is 27.7 Å². The molecule has 7 nitrogen and oxygen atoms in total. The lowest BCUT2D eigenvalue weighted by atomic mass is 10.0. The Morgan fingerprint density at radius 1 is 1.23 bits per heavy atom. The van der Waals surface area contributed by atoms with Gasteiger partial charge >= 0.3 is 11.8 Å². The zero-order valence-electron chi connectivity index (χ0n) is 14.3. The third-order valence-electron chi connectivity index (χ3n) is 4.36.